The molecular weight excluding hydrogens is 148 g/mol. The van der Waals surface area contributed by atoms with Crippen molar-refractivity contribution in [3.63, 3.8) is 0 Å². The van der Waals surface area contributed by atoms with Crippen LogP contribution >= 0.6 is 0 Å². The molecule has 2 heteroatoms. The molecule has 0 aliphatic heterocycles. The van der Waals surface area contributed by atoms with E-state index < -0.39 is 0 Å². The highest BCUT2D eigenvalue weighted by Gasteiger charge is 1.94. The second-order valence-corrected chi connectivity index (χ2v) is 2.78. The van der Waals surface area contributed by atoms with Crippen molar-refractivity contribution in [1.29, 1.82) is 0 Å². The van der Waals surface area contributed by atoms with Gasteiger partial charge in [0.15, 0.2) is 0 Å². The van der Waals surface area contributed by atoms with Crippen LogP contribution in [0.15, 0.2) is 36.5 Å². The van der Waals surface area contributed by atoms with E-state index in [1.54, 1.807) is 0 Å². The Balaban J connectivity index is 2.67. The largest absolute Gasteiger partial charge is 0.354 e. The molecular formula is C10H11N2+. The van der Waals surface area contributed by atoms with Crippen molar-refractivity contribution < 1.29 is 5.73 Å². The molecule has 60 valence electrons. The number of fused-ring (bicyclic) bond motifs is 1. The highest BCUT2D eigenvalue weighted by Crippen LogP contribution is 2.12. The molecule has 0 amide bonds. The topological polar surface area (TPSA) is 40.5 Å². The van der Waals surface area contributed by atoms with Gasteiger partial charge in [-0.1, -0.05) is 12.1 Å². The lowest BCUT2D eigenvalue weighted by Gasteiger charge is -1.97. The average molecular weight is 159 g/mol. The quantitative estimate of drug-likeness (QED) is 0.662. The summed E-state index contributed by atoms with van der Waals surface area (Å²) in [6.07, 6.45) is 1.81. The Morgan fingerprint density at radius 3 is 3.00 bits per heavy atom. The summed E-state index contributed by atoms with van der Waals surface area (Å²) in [6, 6.07) is 10.3. The summed E-state index contributed by atoms with van der Waals surface area (Å²) in [5.41, 5.74) is 6.15. The molecule has 0 fully saturated rings. The fourth-order valence-corrected chi connectivity index (χ4v) is 1.28. The SMILES string of the molecule is [NH3+]Cc1ccc2ncccc2c1. The first kappa shape index (κ1) is 7.25. The fraction of sp³-hybridized carbons (Fsp3) is 0.100. The van der Waals surface area contributed by atoms with E-state index in [0.717, 1.165) is 12.1 Å². The van der Waals surface area contributed by atoms with Gasteiger partial charge in [-0.25, -0.2) is 0 Å². The van der Waals surface area contributed by atoms with Crippen LogP contribution in [0.5, 0.6) is 0 Å². The summed E-state index contributed by atoms with van der Waals surface area (Å²) in [7, 11) is 0. The van der Waals surface area contributed by atoms with Gasteiger partial charge < -0.3 is 5.73 Å². The molecule has 1 aromatic heterocycles. The molecule has 0 radical (unpaired) electrons. The molecule has 3 N–H and O–H groups in total. The van der Waals surface area contributed by atoms with Crippen molar-refractivity contribution in [2.24, 2.45) is 0 Å². The standard InChI is InChI=1S/C10H10N2/c11-7-8-3-4-10-9(6-8)2-1-5-12-10/h1-6H,7,11H2/p+1. The first-order chi connectivity index (χ1) is 5.90. The second-order valence-electron chi connectivity index (χ2n) is 2.78. The third-order valence-electron chi connectivity index (χ3n) is 1.96. The minimum atomic E-state index is 0.838. The molecule has 0 aliphatic carbocycles. The van der Waals surface area contributed by atoms with Gasteiger partial charge >= 0.3 is 0 Å². The van der Waals surface area contributed by atoms with E-state index in [1.807, 2.05) is 18.3 Å². The normalized spacial score (nSPS) is 10.4. The van der Waals surface area contributed by atoms with E-state index in [0.29, 0.717) is 0 Å². The summed E-state index contributed by atoms with van der Waals surface area (Å²) in [4.78, 5) is 4.24. The molecule has 12 heavy (non-hydrogen) atoms. The van der Waals surface area contributed by atoms with Gasteiger partial charge in [0.1, 0.15) is 0 Å². The lowest BCUT2D eigenvalue weighted by Crippen LogP contribution is -2.47. The summed E-state index contributed by atoms with van der Waals surface area (Å²) in [5.74, 6) is 0. The van der Waals surface area contributed by atoms with Crippen LogP contribution in [0.1, 0.15) is 5.56 Å². The monoisotopic (exact) mass is 159 g/mol. The third-order valence-corrected chi connectivity index (χ3v) is 1.96. The maximum atomic E-state index is 4.24. The predicted molar refractivity (Wildman–Crippen MR) is 48.3 cm³/mol. The van der Waals surface area contributed by atoms with Gasteiger partial charge in [-0.05, 0) is 18.2 Å². The van der Waals surface area contributed by atoms with Gasteiger partial charge in [-0.2, -0.15) is 0 Å². The van der Waals surface area contributed by atoms with Crippen molar-refractivity contribution in [2.75, 3.05) is 0 Å². The zero-order valence-electron chi connectivity index (χ0n) is 6.83. The van der Waals surface area contributed by atoms with Gasteiger partial charge in [0.25, 0.3) is 0 Å². The van der Waals surface area contributed by atoms with Gasteiger partial charge in [0.2, 0.25) is 0 Å². The average Bonchev–Trinajstić information content (AvgIpc) is 2.17. The first-order valence-corrected chi connectivity index (χ1v) is 4.03. The summed E-state index contributed by atoms with van der Waals surface area (Å²) >= 11 is 0. The summed E-state index contributed by atoms with van der Waals surface area (Å²) in [6.45, 7) is 0.838. The van der Waals surface area contributed by atoms with E-state index in [4.69, 9.17) is 0 Å². The Morgan fingerprint density at radius 2 is 2.17 bits per heavy atom. The van der Waals surface area contributed by atoms with Crippen molar-refractivity contribution in [2.45, 2.75) is 6.54 Å². The Morgan fingerprint density at radius 1 is 1.25 bits per heavy atom. The minimum absolute atomic E-state index is 0.838. The number of aromatic nitrogens is 1. The zero-order valence-corrected chi connectivity index (χ0v) is 6.83. The number of nitrogens with zero attached hydrogens (tertiary/aromatic N) is 1. The Hall–Kier alpha value is -1.41. The Labute approximate surface area is 71.0 Å². The summed E-state index contributed by atoms with van der Waals surface area (Å²) in [5, 5.41) is 1.19. The van der Waals surface area contributed by atoms with Crippen molar-refractivity contribution in [3.8, 4) is 0 Å². The summed E-state index contributed by atoms with van der Waals surface area (Å²) < 4.78 is 0. The van der Waals surface area contributed by atoms with Crippen molar-refractivity contribution in [1.82, 2.24) is 4.98 Å². The van der Waals surface area contributed by atoms with E-state index in [1.165, 1.54) is 10.9 Å². The van der Waals surface area contributed by atoms with Crippen LogP contribution in [0.25, 0.3) is 10.9 Å². The molecule has 0 spiro atoms. The number of pyridine rings is 1. The lowest BCUT2D eigenvalue weighted by atomic mass is 10.1. The molecule has 0 aliphatic rings. The number of rotatable bonds is 1. The highest BCUT2D eigenvalue weighted by molar-refractivity contribution is 5.78. The van der Waals surface area contributed by atoms with Gasteiger partial charge in [0.05, 0.1) is 12.1 Å². The van der Waals surface area contributed by atoms with Gasteiger partial charge in [-0.15, -0.1) is 0 Å². The molecule has 0 unspecified atom stereocenters. The third kappa shape index (κ3) is 1.17. The lowest BCUT2D eigenvalue weighted by molar-refractivity contribution is -0.386. The molecule has 0 saturated heterocycles. The Bertz CT molecular complexity index is 396. The Kier molecular flexibility index (Phi) is 1.76. The van der Waals surface area contributed by atoms with Crippen LogP contribution in [-0.4, -0.2) is 4.98 Å². The van der Waals surface area contributed by atoms with Crippen LogP contribution in [0.2, 0.25) is 0 Å². The number of quaternary nitrogens is 1. The molecule has 1 heterocycles. The second kappa shape index (κ2) is 2.91. The molecule has 0 saturated carbocycles. The van der Waals surface area contributed by atoms with E-state index in [9.17, 15) is 0 Å². The molecule has 0 bridgehead atoms. The van der Waals surface area contributed by atoms with E-state index in [2.05, 4.69) is 28.9 Å². The number of hydrogen-bond donors (Lipinski definition) is 1. The minimum Gasteiger partial charge on any atom is -0.354 e. The van der Waals surface area contributed by atoms with Crippen LogP contribution < -0.4 is 5.73 Å². The van der Waals surface area contributed by atoms with E-state index >= 15 is 0 Å². The molecule has 2 nitrogen and oxygen atoms in total. The maximum Gasteiger partial charge on any atom is 0.0997 e. The maximum absolute atomic E-state index is 4.24. The van der Waals surface area contributed by atoms with Gasteiger partial charge in [-0.3, -0.25) is 4.98 Å². The fourth-order valence-electron chi connectivity index (χ4n) is 1.28. The highest BCUT2D eigenvalue weighted by atomic mass is 14.6. The van der Waals surface area contributed by atoms with Crippen LogP contribution in [0, 0.1) is 0 Å². The van der Waals surface area contributed by atoms with Crippen molar-refractivity contribution in [3.05, 3.63) is 42.1 Å². The van der Waals surface area contributed by atoms with E-state index in [-0.39, 0.29) is 0 Å². The van der Waals surface area contributed by atoms with Crippen molar-refractivity contribution >= 4 is 10.9 Å². The zero-order chi connectivity index (χ0) is 8.39. The number of benzene rings is 1. The molecule has 2 aromatic rings. The molecule has 2 rings (SSSR count). The predicted octanol–water partition coefficient (Wildman–Crippen LogP) is 0.977. The molecule has 0 atom stereocenters. The first-order valence-electron chi connectivity index (χ1n) is 4.03. The smallest absolute Gasteiger partial charge is 0.0997 e. The van der Waals surface area contributed by atoms with Gasteiger partial charge in [0, 0.05) is 17.1 Å². The number of hydrogen-bond acceptors (Lipinski definition) is 1. The van der Waals surface area contributed by atoms with Crippen LogP contribution in [0.4, 0.5) is 0 Å². The molecule has 1 aromatic carbocycles. The van der Waals surface area contributed by atoms with Crippen LogP contribution in [0.3, 0.4) is 0 Å². The van der Waals surface area contributed by atoms with Crippen LogP contribution in [-0.2, 0) is 6.54 Å².